The van der Waals surface area contributed by atoms with Gasteiger partial charge in [0, 0.05) is 42.5 Å². The lowest BCUT2D eigenvalue weighted by Gasteiger charge is -2.39. The summed E-state index contributed by atoms with van der Waals surface area (Å²) in [7, 11) is 0. The van der Waals surface area contributed by atoms with Gasteiger partial charge in [-0.15, -0.1) is 0 Å². The van der Waals surface area contributed by atoms with E-state index in [0.29, 0.717) is 38.5 Å². The zero-order chi connectivity index (χ0) is 30.9. The number of nitrogens with two attached hydrogens (primary N) is 1. The summed E-state index contributed by atoms with van der Waals surface area (Å²) in [4.78, 5) is 22.4. The number of alkyl halides is 3. The molecule has 10 nitrogen and oxygen atoms in total. The number of esters is 1. The summed E-state index contributed by atoms with van der Waals surface area (Å²) >= 11 is 6.19. The van der Waals surface area contributed by atoms with E-state index in [1.807, 2.05) is 18.7 Å². The van der Waals surface area contributed by atoms with Crippen LogP contribution in [0.2, 0.25) is 5.02 Å². The number of aromatic nitrogens is 4. The second-order valence-corrected chi connectivity index (χ2v) is 11.8. The number of rotatable bonds is 8. The van der Waals surface area contributed by atoms with Crippen LogP contribution in [0.3, 0.4) is 0 Å². The minimum atomic E-state index is -4.81. The van der Waals surface area contributed by atoms with Gasteiger partial charge in [-0.2, -0.15) is 28.2 Å². The van der Waals surface area contributed by atoms with Crippen molar-refractivity contribution >= 4 is 29.3 Å². The Morgan fingerprint density at radius 3 is 2.60 bits per heavy atom. The molecule has 232 valence electrons. The van der Waals surface area contributed by atoms with Crippen molar-refractivity contribution in [3.63, 3.8) is 0 Å². The van der Waals surface area contributed by atoms with Crippen LogP contribution in [0.15, 0.2) is 36.5 Å². The molecule has 0 bridgehead atoms. The number of carbonyl (C=O) groups excluding carboxylic acids is 1. The lowest BCUT2D eigenvalue weighted by molar-refractivity contribution is -0.198. The first-order chi connectivity index (χ1) is 20.4. The molecule has 0 unspecified atom stereocenters. The van der Waals surface area contributed by atoms with Gasteiger partial charge in [0.05, 0.1) is 18.0 Å². The van der Waals surface area contributed by atoms with Gasteiger partial charge in [-0.05, 0) is 55.7 Å². The number of halogens is 4. The highest BCUT2D eigenvalue weighted by atomic mass is 35.5. The third-order valence-electron chi connectivity index (χ3n) is 8.05. The van der Waals surface area contributed by atoms with E-state index >= 15 is 0 Å². The number of piperidine rings is 1. The van der Waals surface area contributed by atoms with Crippen molar-refractivity contribution in [1.29, 1.82) is 0 Å². The molecule has 2 fully saturated rings. The Morgan fingerprint density at radius 2 is 1.95 bits per heavy atom. The summed E-state index contributed by atoms with van der Waals surface area (Å²) in [5.41, 5.74) is 6.56. The average Bonchev–Trinajstić information content (AvgIpc) is 3.60. The molecule has 2 aliphatic rings. The number of nitrogens with zero attached hydrogens (tertiary/aromatic N) is 5. The van der Waals surface area contributed by atoms with Crippen LogP contribution < -0.4 is 20.7 Å². The Balaban J connectivity index is 1.37. The number of hydrogen-bond acceptors (Lipinski definition) is 9. The largest absolute Gasteiger partial charge is 0.465 e. The van der Waals surface area contributed by atoms with Crippen molar-refractivity contribution in [2.24, 2.45) is 5.41 Å². The van der Waals surface area contributed by atoms with Crippen LogP contribution in [-0.4, -0.2) is 64.2 Å². The normalized spacial score (nSPS) is 19.2. The minimum absolute atomic E-state index is 0.0693. The maximum atomic E-state index is 14.6. The standard InChI is InChI=1S/C29H35ClF3N7O3/c1-4-42-26(41)21-15-28(16-35-21)8-11-39(12-9-28)23-14-24(37-27(34)36-23)43-25(29(31,32)33)19-6-5-18(30)13-22(19)40-10-7-20(38-40)17(2)3/h5-7,10,13-14,17,21,25,35H,4,8-9,11-12,15-16H2,1-3H3,(H2,34,36,37)/t21-,25+/m0/s1. The van der Waals surface area contributed by atoms with Gasteiger partial charge in [0.1, 0.15) is 11.9 Å². The SMILES string of the molecule is CCOC(=O)[C@@H]1CC2(CCN(c3cc(O[C@H](c4ccc(Cl)cc4-n4ccc(C(C)C)n4)C(F)(F)F)nc(N)n3)CC2)CN1. The molecular formula is C29H35ClF3N7O3. The molecule has 5 rings (SSSR count). The number of nitrogen functional groups attached to an aromatic ring is 1. The summed E-state index contributed by atoms with van der Waals surface area (Å²) in [5, 5.41) is 7.98. The van der Waals surface area contributed by atoms with E-state index in [1.54, 1.807) is 19.2 Å². The number of anilines is 2. The zero-order valence-electron chi connectivity index (χ0n) is 24.2. The van der Waals surface area contributed by atoms with Crippen LogP contribution >= 0.6 is 11.6 Å². The van der Waals surface area contributed by atoms with E-state index < -0.39 is 12.3 Å². The van der Waals surface area contributed by atoms with E-state index in [2.05, 4.69) is 20.4 Å². The second-order valence-electron chi connectivity index (χ2n) is 11.4. The van der Waals surface area contributed by atoms with Crippen molar-refractivity contribution < 1.29 is 27.4 Å². The molecule has 3 aromatic rings. The van der Waals surface area contributed by atoms with Crippen LogP contribution in [0.25, 0.3) is 5.69 Å². The number of benzene rings is 1. The van der Waals surface area contributed by atoms with Crippen molar-refractivity contribution in [1.82, 2.24) is 25.1 Å². The molecule has 0 amide bonds. The van der Waals surface area contributed by atoms with Gasteiger partial charge in [0.25, 0.3) is 0 Å². The van der Waals surface area contributed by atoms with Gasteiger partial charge in [-0.1, -0.05) is 31.5 Å². The van der Waals surface area contributed by atoms with Crippen molar-refractivity contribution in [3.8, 4) is 11.6 Å². The maximum absolute atomic E-state index is 14.6. The number of hydrogen-bond donors (Lipinski definition) is 2. The van der Waals surface area contributed by atoms with Gasteiger partial charge in [0.15, 0.2) is 0 Å². The molecule has 0 radical (unpaired) electrons. The van der Waals surface area contributed by atoms with Crippen molar-refractivity contribution in [2.75, 3.05) is 36.9 Å². The van der Waals surface area contributed by atoms with Gasteiger partial charge >= 0.3 is 12.1 Å². The highest BCUT2D eigenvalue weighted by molar-refractivity contribution is 6.30. The summed E-state index contributed by atoms with van der Waals surface area (Å²) in [6, 6.07) is 6.87. The molecule has 0 aliphatic carbocycles. The molecule has 2 aromatic heterocycles. The third kappa shape index (κ3) is 6.82. The molecular weight excluding hydrogens is 587 g/mol. The van der Waals surface area contributed by atoms with Gasteiger partial charge in [-0.3, -0.25) is 4.79 Å². The molecule has 1 aromatic carbocycles. The number of carbonyl (C=O) groups is 1. The average molecular weight is 622 g/mol. The molecule has 0 saturated carbocycles. The van der Waals surface area contributed by atoms with Crippen LogP contribution in [0.4, 0.5) is 24.9 Å². The molecule has 1 spiro atoms. The molecule has 43 heavy (non-hydrogen) atoms. The van der Waals surface area contributed by atoms with E-state index in [4.69, 9.17) is 26.8 Å². The first kappa shape index (κ1) is 30.9. The van der Waals surface area contributed by atoms with Crippen LogP contribution in [0.5, 0.6) is 5.88 Å². The number of nitrogens with one attached hydrogen (secondary N) is 1. The number of ether oxygens (including phenoxy) is 2. The first-order valence-corrected chi connectivity index (χ1v) is 14.6. The predicted octanol–water partition coefficient (Wildman–Crippen LogP) is 5.22. The fourth-order valence-corrected chi connectivity index (χ4v) is 5.88. The first-order valence-electron chi connectivity index (χ1n) is 14.3. The predicted molar refractivity (Wildman–Crippen MR) is 155 cm³/mol. The lowest BCUT2D eigenvalue weighted by atomic mass is 9.76. The Bertz CT molecular complexity index is 1460. The quantitative estimate of drug-likeness (QED) is 0.326. The van der Waals surface area contributed by atoms with Crippen molar-refractivity contribution in [2.45, 2.75) is 64.3 Å². The molecule has 2 aliphatic heterocycles. The Kier molecular flexibility index (Phi) is 8.75. The second kappa shape index (κ2) is 12.2. The summed E-state index contributed by atoms with van der Waals surface area (Å²) in [6.07, 6.45) is -3.40. The summed E-state index contributed by atoms with van der Waals surface area (Å²) in [5.74, 6) is -0.309. The lowest BCUT2D eigenvalue weighted by Crippen LogP contribution is -2.41. The van der Waals surface area contributed by atoms with Crippen molar-refractivity contribution in [3.05, 3.63) is 52.8 Å². The van der Waals surface area contributed by atoms with E-state index in [-0.39, 0.29) is 51.4 Å². The van der Waals surface area contributed by atoms with E-state index in [1.165, 1.54) is 28.9 Å². The molecule has 2 atom stereocenters. The Morgan fingerprint density at radius 1 is 1.21 bits per heavy atom. The highest BCUT2D eigenvalue weighted by Gasteiger charge is 2.46. The third-order valence-corrected chi connectivity index (χ3v) is 8.28. The fourth-order valence-electron chi connectivity index (χ4n) is 5.71. The monoisotopic (exact) mass is 621 g/mol. The van der Waals surface area contributed by atoms with Gasteiger partial charge in [-0.25, -0.2) is 4.68 Å². The Labute approximate surface area is 252 Å². The Hall–Kier alpha value is -3.58. The minimum Gasteiger partial charge on any atom is -0.465 e. The topological polar surface area (TPSA) is 120 Å². The van der Waals surface area contributed by atoms with Crippen LogP contribution in [-0.2, 0) is 9.53 Å². The molecule has 2 saturated heterocycles. The van der Waals surface area contributed by atoms with Crippen LogP contribution in [0.1, 0.15) is 63.3 Å². The van der Waals surface area contributed by atoms with Gasteiger partial charge < -0.3 is 25.4 Å². The van der Waals surface area contributed by atoms with E-state index in [0.717, 1.165) is 18.5 Å². The van der Waals surface area contributed by atoms with E-state index in [9.17, 15) is 18.0 Å². The fraction of sp³-hybridized carbons (Fsp3) is 0.517. The smallest absolute Gasteiger partial charge is 0.429 e. The maximum Gasteiger partial charge on any atom is 0.429 e. The molecule has 4 heterocycles. The molecule has 3 N–H and O–H groups in total. The van der Waals surface area contributed by atoms with Gasteiger partial charge in [0.2, 0.25) is 17.9 Å². The zero-order valence-corrected chi connectivity index (χ0v) is 25.0. The summed E-state index contributed by atoms with van der Waals surface area (Å²) < 4.78 is 55.8. The highest BCUT2D eigenvalue weighted by Crippen LogP contribution is 2.42. The summed E-state index contributed by atoms with van der Waals surface area (Å²) in [6.45, 7) is 7.84. The molecule has 14 heteroatoms. The van der Waals surface area contributed by atoms with Crippen LogP contribution in [0, 0.1) is 5.41 Å².